The third-order valence-electron chi connectivity index (χ3n) is 2.36. The minimum atomic E-state index is -0.0969. The first kappa shape index (κ1) is 9.65. The zero-order chi connectivity index (χ0) is 10.5. The molecule has 0 aliphatic rings. The highest BCUT2D eigenvalue weighted by molar-refractivity contribution is 5.61. The van der Waals surface area contributed by atoms with E-state index in [1.54, 1.807) is 12.5 Å². The molecule has 2 aromatic rings. The summed E-state index contributed by atoms with van der Waals surface area (Å²) in [5.41, 5.74) is 1.04. The maximum Gasteiger partial charge on any atom is 0.129 e. The maximum atomic E-state index is 11.0. The topological polar surface area (TPSA) is 34.9 Å². The minimum absolute atomic E-state index is 0.0969. The summed E-state index contributed by atoms with van der Waals surface area (Å²) >= 11 is 0. The summed E-state index contributed by atoms with van der Waals surface area (Å²) in [4.78, 5) is 14.9. The van der Waals surface area contributed by atoms with Gasteiger partial charge in [-0.25, -0.2) is 4.98 Å². The molecule has 1 unspecified atom stereocenters. The van der Waals surface area contributed by atoms with Gasteiger partial charge >= 0.3 is 0 Å². The van der Waals surface area contributed by atoms with Gasteiger partial charge in [0.2, 0.25) is 0 Å². The number of rotatable bonds is 4. The van der Waals surface area contributed by atoms with Crippen LogP contribution in [0, 0.1) is 0 Å². The van der Waals surface area contributed by atoms with Crippen LogP contribution in [0.15, 0.2) is 49.1 Å². The van der Waals surface area contributed by atoms with Gasteiger partial charge in [-0.1, -0.05) is 30.3 Å². The molecule has 0 aliphatic heterocycles. The number of benzene rings is 1. The molecule has 0 N–H and O–H groups in total. The Morgan fingerprint density at radius 3 is 2.73 bits per heavy atom. The second kappa shape index (κ2) is 4.55. The average Bonchev–Trinajstić information content (AvgIpc) is 2.80. The first-order valence-corrected chi connectivity index (χ1v) is 4.86. The van der Waals surface area contributed by atoms with Crippen molar-refractivity contribution in [1.82, 2.24) is 9.55 Å². The molecule has 15 heavy (non-hydrogen) atoms. The predicted molar refractivity (Wildman–Crippen MR) is 57.5 cm³/mol. The van der Waals surface area contributed by atoms with Crippen molar-refractivity contribution in [3.63, 3.8) is 0 Å². The van der Waals surface area contributed by atoms with Gasteiger partial charge in [0.1, 0.15) is 6.29 Å². The molecule has 1 aromatic carbocycles. The highest BCUT2D eigenvalue weighted by Crippen LogP contribution is 2.14. The Balaban J connectivity index is 2.15. The molecule has 2 rings (SSSR count). The van der Waals surface area contributed by atoms with E-state index < -0.39 is 0 Å². The number of hydrogen-bond acceptors (Lipinski definition) is 2. The second-order valence-electron chi connectivity index (χ2n) is 3.41. The van der Waals surface area contributed by atoms with Crippen molar-refractivity contribution >= 4 is 6.29 Å². The van der Waals surface area contributed by atoms with Gasteiger partial charge in [-0.15, -0.1) is 0 Å². The Hall–Kier alpha value is -1.90. The number of aldehydes is 1. The number of carbonyl (C=O) groups excluding carboxylic acids is 1. The van der Waals surface area contributed by atoms with Crippen molar-refractivity contribution in [2.75, 3.05) is 0 Å². The summed E-state index contributed by atoms with van der Waals surface area (Å²) in [7, 11) is 0. The van der Waals surface area contributed by atoms with Crippen LogP contribution in [0.3, 0.4) is 0 Å². The summed E-state index contributed by atoms with van der Waals surface area (Å²) in [6.45, 7) is 0.646. The molecule has 3 nitrogen and oxygen atoms in total. The average molecular weight is 200 g/mol. The Kier molecular flexibility index (Phi) is 2.93. The molecule has 76 valence electrons. The van der Waals surface area contributed by atoms with Gasteiger partial charge < -0.3 is 9.36 Å². The van der Waals surface area contributed by atoms with Gasteiger partial charge in [-0.05, 0) is 5.56 Å². The van der Waals surface area contributed by atoms with Gasteiger partial charge in [0.05, 0.1) is 12.2 Å². The van der Waals surface area contributed by atoms with E-state index in [0.29, 0.717) is 6.54 Å². The molecule has 0 amide bonds. The molecule has 1 aromatic heterocycles. The van der Waals surface area contributed by atoms with Crippen LogP contribution in [0.2, 0.25) is 0 Å². The molecule has 1 heterocycles. The quantitative estimate of drug-likeness (QED) is 0.706. The number of carbonyl (C=O) groups is 1. The number of nitrogens with zero attached hydrogens (tertiary/aromatic N) is 2. The first-order valence-electron chi connectivity index (χ1n) is 4.86. The second-order valence-corrected chi connectivity index (χ2v) is 3.41. The van der Waals surface area contributed by atoms with Crippen LogP contribution in [0.25, 0.3) is 0 Å². The predicted octanol–water partition coefficient (Wildman–Crippen LogP) is 1.87. The largest absolute Gasteiger partial charge is 0.336 e. The third kappa shape index (κ3) is 2.31. The van der Waals surface area contributed by atoms with Gasteiger partial charge in [0.15, 0.2) is 0 Å². The molecule has 0 fully saturated rings. The maximum absolute atomic E-state index is 11.0. The van der Waals surface area contributed by atoms with Crippen molar-refractivity contribution in [2.24, 2.45) is 0 Å². The number of imidazole rings is 1. The van der Waals surface area contributed by atoms with Crippen LogP contribution in [0.1, 0.15) is 11.5 Å². The van der Waals surface area contributed by atoms with Gasteiger partial charge in [-0.2, -0.15) is 0 Å². The molecule has 0 aliphatic carbocycles. The van der Waals surface area contributed by atoms with E-state index in [9.17, 15) is 4.79 Å². The lowest BCUT2D eigenvalue weighted by Gasteiger charge is -2.10. The van der Waals surface area contributed by atoms with Crippen LogP contribution in [0.4, 0.5) is 0 Å². The Morgan fingerprint density at radius 2 is 2.13 bits per heavy atom. The van der Waals surface area contributed by atoms with Crippen LogP contribution in [-0.2, 0) is 11.3 Å². The normalized spacial score (nSPS) is 12.3. The fourth-order valence-corrected chi connectivity index (χ4v) is 1.55. The minimum Gasteiger partial charge on any atom is -0.336 e. The van der Waals surface area contributed by atoms with Crippen LogP contribution in [-0.4, -0.2) is 15.8 Å². The smallest absolute Gasteiger partial charge is 0.129 e. The van der Waals surface area contributed by atoms with Crippen molar-refractivity contribution in [1.29, 1.82) is 0 Å². The SMILES string of the molecule is O=CC(Cn1ccnc1)c1ccccc1. The van der Waals surface area contributed by atoms with E-state index in [4.69, 9.17) is 0 Å². The highest BCUT2D eigenvalue weighted by atomic mass is 16.1. The fourth-order valence-electron chi connectivity index (χ4n) is 1.55. The monoisotopic (exact) mass is 200 g/mol. The molecule has 0 spiro atoms. The van der Waals surface area contributed by atoms with E-state index in [1.165, 1.54) is 0 Å². The van der Waals surface area contributed by atoms with Crippen LogP contribution >= 0.6 is 0 Å². The first-order chi connectivity index (χ1) is 7.40. The van der Waals surface area contributed by atoms with E-state index >= 15 is 0 Å². The van der Waals surface area contributed by atoms with E-state index in [1.807, 2.05) is 41.1 Å². The standard InChI is InChI=1S/C12H12N2O/c15-9-12(8-14-7-6-13-10-14)11-4-2-1-3-5-11/h1-7,9-10,12H,8H2. The zero-order valence-corrected chi connectivity index (χ0v) is 8.28. The molecular formula is C12H12N2O. The van der Waals surface area contributed by atoms with Crippen LogP contribution < -0.4 is 0 Å². The number of hydrogen-bond donors (Lipinski definition) is 0. The zero-order valence-electron chi connectivity index (χ0n) is 8.28. The fraction of sp³-hybridized carbons (Fsp3) is 0.167. The van der Waals surface area contributed by atoms with Crippen molar-refractivity contribution in [3.05, 3.63) is 54.6 Å². The molecule has 1 atom stereocenters. The molecular weight excluding hydrogens is 188 g/mol. The summed E-state index contributed by atoms with van der Waals surface area (Å²) in [6.07, 6.45) is 6.28. The number of aromatic nitrogens is 2. The van der Waals surface area contributed by atoms with Gasteiger partial charge in [0.25, 0.3) is 0 Å². The lowest BCUT2D eigenvalue weighted by molar-refractivity contribution is -0.109. The van der Waals surface area contributed by atoms with E-state index in [-0.39, 0.29) is 5.92 Å². The molecule has 0 bridgehead atoms. The molecule has 0 saturated carbocycles. The third-order valence-corrected chi connectivity index (χ3v) is 2.36. The summed E-state index contributed by atoms with van der Waals surface area (Å²) in [5, 5.41) is 0. The van der Waals surface area contributed by atoms with Crippen LogP contribution in [0.5, 0.6) is 0 Å². The molecule has 3 heteroatoms. The Bertz CT molecular complexity index is 408. The van der Waals surface area contributed by atoms with Gasteiger partial charge in [0, 0.05) is 18.9 Å². The van der Waals surface area contributed by atoms with Crippen molar-refractivity contribution in [2.45, 2.75) is 12.5 Å². The van der Waals surface area contributed by atoms with Crippen molar-refractivity contribution in [3.8, 4) is 0 Å². The highest BCUT2D eigenvalue weighted by Gasteiger charge is 2.09. The van der Waals surface area contributed by atoms with Crippen molar-refractivity contribution < 1.29 is 4.79 Å². The summed E-state index contributed by atoms with van der Waals surface area (Å²) in [6, 6.07) is 9.77. The van der Waals surface area contributed by atoms with Gasteiger partial charge in [-0.3, -0.25) is 0 Å². The molecule has 0 radical (unpaired) electrons. The lowest BCUT2D eigenvalue weighted by atomic mass is 10.0. The summed E-state index contributed by atoms with van der Waals surface area (Å²) in [5.74, 6) is -0.0969. The van der Waals surface area contributed by atoms with E-state index in [2.05, 4.69) is 4.98 Å². The van der Waals surface area contributed by atoms with E-state index in [0.717, 1.165) is 11.8 Å². The lowest BCUT2D eigenvalue weighted by Crippen LogP contribution is -2.08. The Labute approximate surface area is 88.4 Å². The Morgan fingerprint density at radius 1 is 1.33 bits per heavy atom. The summed E-state index contributed by atoms with van der Waals surface area (Å²) < 4.78 is 1.91. The molecule has 0 saturated heterocycles.